The molecular formula is C8H20N4O4S. The summed E-state index contributed by atoms with van der Waals surface area (Å²) in [6, 6.07) is -1.02. The van der Waals surface area contributed by atoms with Crippen LogP contribution in [0.5, 0.6) is 0 Å². The molecule has 9 heteroatoms. The molecule has 0 aromatic carbocycles. The van der Waals surface area contributed by atoms with Crippen LogP contribution in [0.2, 0.25) is 0 Å². The SMILES string of the molecule is CCN(CCN)S(=O)(=O)NCC(N)C(=O)OC. The van der Waals surface area contributed by atoms with E-state index < -0.39 is 22.2 Å². The van der Waals surface area contributed by atoms with Crippen molar-refractivity contribution in [2.75, 3.05) is 33.3 Å². The number of carbonyl (C=O) groups excluding carboxylic acids is 1. The lowest BCUT2D eigenvalue weighted by Crippen LogP contribution is -2.48. The number of methoxy groups -OCH3 is 1. The predicted molar refractivity (Wildman–Crippen MR) is 63.2 cm³/mol. The van der Waals surface area contributed by atoms with E-state index in [1.54, 1.807) is 6.92 Å². The lowest BCUT2D eigenvalue weighted by Gasteiger charge is -2.20. The van der Waals surface area contributed by atoms with Gasteiger partial charge in [-0.15, -0.1) is 0 Å². The Bertz CT molecular complexity index is 332. The number of nitrogens with one attached hydrogen (secondary N) is 1. The Labute approximate surface area is 101 Å². The molecule has 0 saturated carbocycles. The van der Waals surface area contributed by atoms with Crippen molar-refractivity contribution < 1.29 is 17.9 Å². The zero-order valence-electron chi connectivity index (χ0n) is 10.0. The largest absolute Gasteiger partial charge is 0.468 e. The molecule has 0 aromatic heterocycles. The van der Waals surface area contributed by atoms with E-state index in [0.29, 0.717) is 6.54 Å². The second-order valence-corrected chi connectivity index (χ2v) is 5.02. The van der Waals surface area contributed by atoms with Crippen LogP contribution in [-0.4, -0.2) is 58.0 Å². The molecule has 0 rings (SSSR count). The minimum absolute atomic E-state index is 0.208. The van der Waals surface area contributed by atoms with Gasteiger partial charge in [-0.25, -0.2) is 0 Å². The molecule has 0 aliphatic heterocycles. The van der Waals surface area contributed by atoms with Gasteiger partial charge in [-0.1, -0.05) is 6.92 Å². The number of hydrogen-bond donors (Lipinski definition) is 3. The van der Waals surface area contributed by atoms with Crippen LogP contribution in [0.4, 0.5) is 0 Å². The van der Waals surface area contributed by atoms with Gasteiger partial charge in [-0.3, -0.25) is 4.79 Å². The number of nitrogens with two attached hydrogens (primary N) is 2. The number of carbonyl (C=O) groups is 1. The van der Waals surface area contributed by atoms with Crippen molar-refractivity contribution in [1.29, 1.82) is 0 Å². The van der Waals surface area contributed by atoms with Crippen LogP contribution < -0.4 is 16.2 Å². The van der Waals surface area contributed by atoms with Gasteiger partial charge in [0.15, 0.2) is 0 Å². The molecule has 0 bridgehead atoms. The van der Waals surface area contributed by atoms with Gasteiger partial charge in [0.05, 0.1) is 7.11 Å². The summed E-state index contributed by atoms with van der Waals surface area (Å²) in [5.74, 6) is -0.672. The summed E-state index contributed by atoms with van der Waals surface area (Å²) < 4.78 is 31.2. The van der Waals surface area contributed by atoms with Crippen LogP contribution >= 0.6 is 0 Å². The number of nitrogens with zero attached hydrogens (tertiary/aromatic N) is 1. The fourth-order valence-corrected chi connectivity index (χ4v) is 2.37. The van der Waals surface area contributed by atoms with E-state index in [0.717, 1.165) is 4.31 Å². The molecule has 0 radical (unpaired) electrons. The van der Waals surface area contributed by atoms with Gasteiger partial charge in [-0.05, 0) is 0 Å². The molecule has 1 atom stereocenters. The molecule has 102 valence electrons. The van der Waals surface area contributed by atoms with Crippen molar-refractivity contribution in [2.24, 2.45) is 11.5 Å². The smallest absolute Gasteiger partial charge is 0.324 e. The van der Waals surface area contributed by atoms with Gasteiger partial charge in [0.1, 0.15) is 6.04 Å². The molecule has 0 spiro atoms. The molecule has 0 aliphatic carbocycles. The Morgan fingerprint density at radius 3 is 2.53 bits per heavy atom. The molecule has 17 heavy (non-hydrogen) atoms. The normalized spacial score (nSPS) is 13.7. The first-order valence-electron chi connectivity index (χ1n) is 5.17. The van der Waals surface area contributed by atoms with Gasteiger partial charge >= 0.3 is 5.97 Å². The van der Waals surface area contributed by atoms with E-state index in [9.17, 15) is 13.2 Å². The predicted octanol–water partition coefficient (Wildman–Crippen LogP) is -2.40. The van der Waals surface area contributed by atoms with Crippen LogP contribution in [-0.2, 0) is 19.7 Å². The van der Waals surface area contributed by atoms with E-state index in [2.05, 4.69) is 9.46 Å². The summed E-state index contributed by atoms with van der Waals surface area (Å²) in [4.78, 5) is 11.0. The van der Waals surface area contributed by atoms with Gasteiger partial charge in [0.25, 0.3) is 10.2 Å². The van der Waals surface area contributed by atoms with Gasteiger partial charge in [-0.2, -0.15) is 17.4 Å². The quantitative estimate of drug-likeness (QED) is 0.421. The molecule has 1 unspecified atom stereocenters. The lowest BCUT2D eigenvalue weighted by molar-refractivity contribution is -0.141. The maximum atomic E-state index is 11.7. The third kappa shape index (κ3) is 5.41. The topological polar surface area (TPSA) is 128 Å². The van der Waals surface area contributed by atoms with Crippen molar-refractivity contribution in [3.05, 3.63) is 0 Å². The van der Waals surface area contributed by atoms with Gasteiger partial charge in [0, 0.05) is 26.2 Å². The van der Waals surface area contributed by atoms with E-state index >= 15 is 0 Å². The van der Waals surface area contributed by atoms with E-state index in [1.807, 2.05) is 0 Å². The zero-order valence-corrected chi connectivity index (χ0v) is 10.9. The molecular weight excluding hydrogens is 248 g/mol. The second kappa shape index (κ2) is 7.56. The Kier molecular flexibility index (Phi) is 7.23. The summed E-state index contributed by atoms with van der Waals surface area (Å²) >= 11 is 0. The number of hydrogen-bond acceptors (Lipinski definition) is 6. The molecule has 0 heterocycles. The summed E-state index contributed by atoms with van der Waals surface area (Å²) in [6.07, 6.45) is 0. The number of likely N-dealkylation sites (N-methyl/N-ethyl adjacent to an activating group) is 1. The fourth-order valence-electron chi connectivity index (χ4n) is 1.11. The Morgan fingerprint density at radius 1 is 1.53 bits per heavy atom. The summed E-state index contributed by atoms with van der Waals surface area (Å²) in [6.45, 7) is 2.20. The highest BCUT2D eigenvalue weighted by atomic mass is 32.2. The van der Waals surface area contributed by atoms with Crippen LogP contribution in [0.1, 0.15) is 6.92 Å². The molecule has 0 amide bonds. The van der Waals surface area contributed by atoms with Crippen molar-refractivity contribution in [3.8, 4) is 0 Å². The number of ether oxygens (including phenoxy) is 1. The maximum absolute atomic E-state index is 11.7. The number of esters is 1. The van der Waals surface area contributed by atoms with Crippen LogP contribution in [0.15, 0.2) is 0 Å². The first-order chi connectivity index (χ1) is 7.88. The highest BCUT2D eigenvalue weighted by molar-refractivity contribution is 7.87. The van der Waals surface area contributed by atoms with E-state index in [-0.39, 0.29) is 19.6 Å². The molecule has 0 fully saturated rings. The minimum atomic E-state index is -3.66. The maximum Gasteiger partial charge on any atom is 0.324 e. The molecule has 0 saturated heterocycles. The monoisotopic (exact) mass is 268 g/mol. The van der Waals surface area contributed by atoms with E-state index in [4.69, 9.17) is 11.5 Å². The Hall–Kier alpha value is -0.740. The lowest BCUT2D eigenvalue weighted by atomic mass is 10.3. The molecule has 0 aromatic rings. The van der Waals surface area contributed by atoms with Crippen LogP contribution in [0.25, 0.3) is 0 Å². The average Bonchev–Trinajstić information content (AvgIpc) is 2.31. The molecule has 5 N–H and O–H groups in total. The van der Waals surface area contributed by atoms with Crippen molar-refractivity contribution >= 4 is 16.2 Å². The van der Waals surface area contributed by atoms with Crippen molar-refractivity contribution in [2.45, 2.75) is 13.0 Å². The Balaban J connectivity index is 4.39. The van der Waals surface area contributed by atoms with Crippen molar-refractivity contribution in [3.63, 3.8) is 0 Å². The second-order valence-electron chi connectivity index (χ2n) is 3.26. The third-order valence-electron chi connectivity index (χ3n) is 2.06. The van der Waals surface area contributed by atoms with Gasteiger partial charge in [0.2, 0.25) is 0 Å². The van der Waals surface area contributed by atoms with Gasteiger partial charge < -0.3 is 16.2 Å². The minimum Gasteiger partial charge on any atom is -0.468 e. The van der Waals surface area contributed by atoms with Crippen molar-refractivity contribution in [1.82, 2.24) is 9.03 Å². The summed E-state index contributed by atoms with van der Waals surface area (Å²) in [5.41, 5.74) is 10.7. The summed E-state index contributed by atoms with van der Waals surface area (Å²) in [7, 11) is -2.47. The third-order valence-corrected chi connectivity index (χ3v) is 3.71. The zero-order chi connectivity index (χ0) is 13.5. The molecule has 0 aliphatic rings. The molecule has 8 nitrogen and oxygen atoms in total. The fraction of sp³-hybridized carbons (Fsp3) is 0.875. The highest BCUT2D eigenvalue weighted by Crippen LogP contribution is 1.96. The first kappa shape index (κ1) is 16.3. The highest BCUT2D eigenvalue weighted by Gasteiger charge is 2.22. The first-order valence-corrected chi connectivity index (χ1v) is 6.61. The standard InChI is InChI=1S/C8H20N4O4S/c1-3-12(5-4-9)17(14,15)11-6-7(10)8(13)16-2/h7,11H,3-6,9-10H2,1-2H3. The van der Waals surface area contributed by atoms with Crippen LogP contribution in [0, 0.1) is 0 Å². The number of rotatable bonds is 8. The summed E-state index contributed by atoms with van der Waals surface area (Å²) in [5, 5.41) is 0. The van der Waals surface area contributed by atoms with E-state index in [1.165, 1.54) is 7.11 Å². The van der Waals surface area contributed by atoms with Crippen LogP contribution in [0.3, 0.4) is 0 Å². The average molecular weight is 268 g/mol. The Morgan fingerprint density at radius 2 is 2.12 bits per heavy atom.